The lowest BCUT2D eigenvalue weighted by Crippen LogP contribution is -2.57. The standard InChI is InChI=1S/C12H21NO/c1-9-8-10(14)5-7-13(9)11-4-6-12(11,2)3/h9,11H,4-8H2,1-3H3. The van der Waals surface area contributed by atoms with E-state index >= 15 is 0 Å². The minimum Gasteiger partial charge on any atom is -0.300 e. The monoisotopic (exact) mass is 195 g/mol. The molecule has 0 bridgehead atoms. The third-order valence-electron chi connectivity index (χ3n) is 4.10. The van der Waals surface area contributed by atoms with Crippen LogP contribution < -0.4 is 0 Å². The summed E-state index contributed by atoms with van der Waals surface area (Å²) in [5, 5.41) is 0. The molecule has 0 spiro atoms. The number of likely N-dealkylation sites (tertiary alicyclic amines) is 1. The van der Waals surface area contributed by atoms with Crippen LogP contribution in [0.3, 0.4) is 0 Å². The second-order valence-electron chi connectivity index (χ2n) is 5.62. The van der Waals surface area contributed by atoms with Crippen molar-refractivity contribution in [2.24, 2.45) is 5.41 Å². The van der Waals surface area contributed by atoms with Crippen molar-refractivity contribution in [2.45, 2.75) is 58.5 Å². The number of rotatable bonds is 1. The lowest BCUT2D eigenvalue weighted by atomic mass is 9.66. The summed E-state index contributed by atoms with van der Waals surface area (Å²) in [5.74, 6) is 0.450. The van der Waals surface area contributed by atoms with Gasteiger partial charge in [-0.05, 0) is 25.2 Å². The molecule has 2 atom stereocenters. The van der Waals surface area contributed by atoms with Gasteiger partial charge in [0.2, 0.25) is 0 Å². The molecule has 80 valence electrons. The normalized spacial score (nSPS) is 38.1. The van der Waals surface area contributed by atoms with Crippen molar-refractivity contribution in [3.8, 4) is 0 Å². The van der Waals surface area contributed by atoms with Gasteiger partial charge in [-0.3, -0.25) is 9.69 Å². The van der Waals surface area contributed by atoms with E-state index < -0.39 is 0 Å². The van der Waals surface area contributed by atoms with Gasteiger partial charge >= 0.3 is 0 Å². The van der Waals surface area contributed by atoms with Gasteiger partial charge in [-0.2, -0.15) is 0 Å². The van der Waals surface area contributed by atoms with Crippen molar-refractivity contribution in [1.82, 2.24) is 4.90 Å². The molecule has 0 N–H and O–H groups in total. The number of ketones is 1. The summed E-state index contributed by atoms with van der Waals surface area (Å²) < 4.78 is 0. The lowest BCUT2D eigenvalue weighted by molar-refractivity contribution is -0.126. The number of hydrogen-bond acceptors (Lipinski definition) is 2. The first-order chi connectivity index (χ1) is 6.50. The van der Waals surface area contributed by atoms with Gasteiger partial charge in [0, 0.05) is 31.5 Å². The van der Waals surface area contributed by atoms with E-state index in [1.54, 1.807) is 0 Å². The van der Waals surface area contributed by atoms with Gasteiger partial charge in [-0.25, -0.2) is 0 Å². The van der Waals surface area contributed by atoms with Gasteiger partial charge in [0.1, 0.15) is 5.78 Å². The molecule has 2 fully saturated rings. The minimum atomic E-state index is 0.450. The molecule has 2 heteroatoms. The van der Waals surface area contributed by atoms with Gasteiger partial charge in [0.15, 0.2) is 0 Å². The summed E-state index contributed by atoms with van der Waals surface area (Å²) in [6.45, 7) is 7.90. The molecule has 2 nitrogen and oxygen atoms in total. The third-order valence-corrected chi connectivity index (χ3v) is 4.10. The van der Waals surface area contributed by atoms with Crippen LogP contribution in [0.2, 0.25) is 0 Å². The Bertz CT molecular complexity index is 247. The number of carbonyl (C=O) groups is 1. The number of piperidine rings is 1. The molecule has 14 heavy (non-hydrogen) atoms. The van der Waals surface area contributed by atoms with Crippen LogP contribution in [0.15, 0.2) is 0 Å². The van der Waals surface area contributed by atoms with Crippen LogP contribution >= 0.6 is 0 Å². The predicted molar refractivity (Wildman–Crippen MR) is 57.2 cm³/mol. The van der Waals surface area contributed by atoms with Crippen LogP contribution in [0.25, 0.3) is 0 Å². The van der Waals surface area contributed by atoms with E-state index in [0.29, 0.717) is 17.2 Å². The molecule has 1 aliphatic heterocycles. The van der Waals surface area contributed by atoms with Crippen molar-refractivity contribution in [3.63, 3.8) is 0 Å². The van der Waals surface area contributed by atoms with E-state index in [1.165, 1.54) is 12.8 Å². The van der Waals surface area contributed by atoms with Crippen molar-refractivity contribution in [2.75, 3.05) is 6.54 Å². The summed E-state index contributed by atoms with van der Waals surface area (Å²) in [6, 6.07) is 1.20. The van der Waals surface area contributed by atoms with Crippen LogP contribution in [0.1, 0.15) is 46.5 Å². The molecule has 0 amide bonds. The van der Waals surface area contributed by atoms with Crippen LogP contribution in [0.4, 0.5) is 0 Å². The van der Waals surface area contributed by atoms with Crippen molar-refractivity contribution < 1.29 is 4.79 Å². The topological polar surface area (TPSA) is 20.3 Å². The van der Waals surface area contributed by atoms with Gasteiger partial charge < -0.3 is 0 Å². The smallest absolute Gasteiger partial charge is 0.135 e. The van der Waals surface area contributed by atoms with E-state index in [1.807, 2.05) is 0 Å². The Hall–Kier alpha value is -0.370. The molecule has 1 aliphatic carbocycles. The van der Waals surface area contributed by atoms with Crippen molar-refractivity contribution in [1.29, 1.82) is 0 Å². The van der Waals surface area contributed by atoms with E-state index in [-0.39, 0.29) is 0 Å². The Morgan fingerprint density at radius 3 is 2.57 bits per heavy atom. The van der Waals surface area contributed by atoms with Gasteiger partial charge in [-0.15, -0.1) is 0 Å². The van der Waals surface area contributed by atoms with Crippen LogP contribution in [-0.4, -0.2) is 29.3 Å². The number of hydrogen-bond donors (Lipinski definition) is 0. The molecule has 1 heterocycles. The fourth-order valence-corrected chi connectivity index (χ4v) is 2.95. The molecule has 2 unspecified atom stereocenters. The summed E-state index contributed by atoms with van der Waals surface area (Å²) in [6.07, 6.45) is 4.21. The molecule has 1 saturated carbocycles. The average Bonchev–Trinajstić information content (AvgIpc) is 2.08. The Morgan fingerprint density at radius 2 is 2.14 bits per heavy atom. The molecule has 2 rings (SSSR count). The van der Waals surface area contributed by atoms with E-state index in [0.717, 1.165) is 25.4 Å². The molecule has 2 aliphatic rings. The largest absolute Gasteiger partial charge is 0.300 e. The Labute approximate surface area is 86.7 Å². The third kappa shape index (κ3) is 1.60. The summed E-state index contributed by atoms with van der Waals surface area (Å²) in [5.41, 5.74) is 0.481. The molecule has 0 aromatic carbocycles. The fourth-order valence-electron chi connectivity index (χ4n) is 2.95. The van der Waals surface area contributed by atoms with E-state index in [2.05, 4.69) is 25.7 Å². The number of nitrogens with zero attached hydrogens (tertiary/aromatic N) is 1. The summed E-state index contributed by atoms with van der Waals surface area (Å²) >= 11 is 0. The fraction of sp³-hybridized carbons (Fsp3) is 0.917. The van der Waals surface area contributed by atoms with Crippen molar-refractivity contribution in [3.05, 3.63) is 0 Å². The zero-order chi connectivity index (χ0) is 10.3. The Kier molecular flexibility index (Phi) is 2.42. The highest BCUT2D eigenvalue weighted by atomic mass is 16.1. The van der Waals surface area contributed by atoms with Crippen LogP contribution in [0, 0.1) is 5.41 Å². The highest BCUT2D eigenvalue weighted by Crippen LogP contribution is 2.44. The lowest BCUT2D eigenvalue weighted by Gasteiger charge is -2.53. The first-order valence-electron chi connectivity index (χ1n) is 5.78. The maximum absolute atomic E-state index is 11.3. The maximum Gasteiger partial charge on any atom is 0.135 e. The number of Topliss-reactive ketones (excluding diaryl/α,β-unsaturated/α-hetero) is 1. The molecule has 0 aromatic heterocycles. The summed E-state index contributed by atoms with van der Waals surface area (Å²) in [4.78, 5) is 13.8. The SMILES string of the molecule is CC1CC(=O)CCN1C1CCC1(C)C. The second kappa shape index (κ2) is 3.34. The maximum atomic E-state index is 11.3. The predicted octanol–water partition coefficient (Wildman–Crippen LogP) is 2.23. The van der Waals surface area contributed by atoms with Crippen LogP contribution in [0.5, 0.6) is 0 Å². The van der Waals surface area contributed by atoms with E-state index in [4.69, 9.17) is 0 Å². The van der Waals surface area contributed by atoms with Crippen molar-refractivity contribution >= 4 is 5.78 Å². The Morgan fingerprint density at radius 1 is 1.43 bits per heavy atom. The summed E-state index contributed by atoms with van der Waals surface area (Å²) in [7, 11) is 0. The molecule has 1 saturated heterocycles. The zero-order valence-corrected chi connectivity index (χ0v) is 9.55. The van der Waals surface area contributed by atoms with Crippen LogP contribution in [-0.2, 0) is 4.79 Å². The minimum absolute atomic E-state index is 0.450. The zero-order valence-electron chi connectivity index (χ0n) is 9.55. The molecule has 0 aromatic rings. The van der Waals surface area contributed by atoms with Gasteiger partial charge in [0.05, 0.1) is 0 Å². The average molecular weight is 195 g/mol. The van der Waals surface area contributed by atoms with Gasteiger partial charge in [-0.1, -0.05) is 13.8 Å². The molecule has 0 radical (unpaired) electrons. The molecular weight excluding hydrogens is 174 g/mol. The molecular formula is C12H21NO. The highest BCUT2D eigenvalue weighted by Gasteiger charge is 2.44. The van der Waals surface area contributed by atoms with E-state index in [9.17, 15) is 4.79 Å². The number of carbonyl (C=O) groups excluding carboxylic acids is 1. The first-order valence-corrected chi connectivity index (χ1v) is 5.78. The highest BCUT2D eigenvalue weighted by molar-refractivity contribution is 5.79. The second-order valence-corrected chi connectivity index (χ2v) is 5.62. The first kappa shape index (κ1) is 10.2. The van der Waals surface area contributed by atoms with Gasteiger partial charge in [0.25, 0.3) is 0 Å². The Balaban J connectivity index is 2.01. The quantitative estimate of drug-likeness (QED) is 0.639.